The second-order valence-corrected chi connectivity index (χ2v) is 7.44. The van der Waals surface area contributed by atoms with Gasteiger partial charge in [-0.3, -0.25) is 0 Å². The Balaban J connectivity index is 1.82. The summed E-state index contributed by atoms with van der Waals surface area (Å²) < 4.78 is 17.2. The Labute approximate surface area is 161 Å². The normalized spacial score (nSPS) is 19.4. The molecule has 0 saturated carbocycles. The van der Waals surface area contributed by atoms with Crippen molar-refractivity contribution >= 4 is 45.1 Å². The first-order valence-corrected chi connectivity index (χ1v) is 9.02. The molecule has 0 aliphatic carbocycles. The fraction of sp³-hybridized carbons (Fsp3) is 0.188. The lowest BCUT2D eigenvalue weighted by atomic mass is 9.93. The fourth-order valence-electron chi connectivity index (χ4n) is 3.07. The molecular formula is C16H11BrCl2FN5. The number of halogens is 4. The summed E-state index contributed by atoms with van der Waals surface area (Å²) in [7, 11) is 0. The Morgan fingerprint density at radius 1 is 1.20 bits per heavy atom. The van der Waals surface area contributed by atoms with Gasteiger partial charge in [-0.1, -0.05) is 56.4 Å². The van der Waals surface area contributed by atoms with Gasteiger partial charge in [0.1, 0.15) is 5.82 Å². The average Bonchev–Trinajstić information content (AvgIpc) is 3.07. The second kappa shape index (κ2) is 6.55. The SMILES string of the molecule is Fc1c(Cl)ccc(Cl)c1C1CC(c2cccc(Br)c2)Nc2nnnn21. The van der Waals surface area contributed by atoms with Crippen molar-refractivity contribution in [2.45, 2.75) is 18.5 Å². The minimum atomic E-state index is -0.546. The molecule has 25 heavy (non-hydrogen) atoms. The van der Waals surface area contributed by atoms with Crippen molar-refractivity contribution in [3.63, 3.8) is 0 Å². The third-order valence-electron chi connectivity index (χ3n) is 4.21. The van der Waals surface area contributed by atoms with E-state index >= 15 is 0 Å². The van der Waals surface area contributed by atoms with Crippen LogP contribution in [0.4, 0.5) is 10.3 Å². The maximum atomic E-state index is 14.7. The molecule has 0 bridgehead atoms. The van der Waals surface area contributed by atoms with Gasteiger partial charge in [0.05, 0.1) is 17.1 Å². The Hall–Kier alpha value is -1.70. The van der Waals surface area contributed by atoms with Gasteiger partial charge in [-0.05, 0) is 46.7 Å². The van der Waals surface area contributed by atoms with Crippen LogP contribution in [0.25, 0.3) is 0 Å². The molecule has 0 radical (unpaired) electrons. The van der Waals surface area contributed by atoms with Crippen molar-refractivity contribution in [2.75, 3.05) is 5.32 Å². The van der Waals surface area contributed by atoms with E-state index in [0.29, 0.717) is 23.0 Å². The number of rotatable bonds is 2. The van der Waals surface area contributed by atoms with Gasteiger partial charge in [0, 0.05) is 15.1 Å². The van der Waals surface area contributed by atoms with Crippen molar-refractivity contribution in [1.29, 1.82) is 0 Å². The number of aromatic nitrogens is 4. The molecule has 0 spiro atoms. The van der Waals surface area contributed by atoms with E-state index in [4.69, 9.17) is 23.2 Å². The van der Waals surface area contributed by atoms with Crippen molar-refractivity contribution in [1.82, 2.24) is 20.2 Å². The molecule has 2 unspecified atom stereocenters. The zero-order valence-corrected chi connectivity index (χ0v) is 15.7. The molecule has 0 amide bonds. The minimum absolute atomic E-state index is 0.0200. The first kappa shape index (κ1) is 16.8. The molecule has 4 rings (SSSR count). The van der Waals surface area contributed by atoms with Crippen LogP contribution in [0.2, 0.25) is 10.0 Å². The number of tetrazole rings is 1. The van der Waals surface area contributed by atoms with Crippen LogP contribution in [0.5, 0.6) is 0 Å². The Bertz CT molecular complexity index is 948. The first-order valence-electron chi connectivity index (χ1n) is 7.48. The Kier molecular flexibility index (Phi) is 4.39. The van der Waals surface area contributed by atoms with E-state index < -0.39 is 11.9 Å². The van der Waals surface area contributed by atoms with Crippen LogP contribution in [0.1, 0.15) is 29.6 Å². The van der Waals surface area contributed by atoms with Gasteiger partial charge in [-0.15, -0.1) is 0 Å². The predicted octanol–water partition coefficient (Wildman–Crippen LogP) is 5.03. The number of benzene rings is 2. The molecule has 1 N–H and O–H groups in total. The highest BCUT2D eigenvalue weighted by Crippen LogP contribution is 2.41. The third-order valence-corrected chi connectivity index (χ3v) is 5.33. The van der Waals surface area contributed by atoms with Crippen molar-refractivity contribution < 1.29 is 4.39 Å². The molecule has 1 aromatic heterocycles. The molecule has 2 atom stereocenters. The lowest BCUT2D eigenvalue weighted by molar-refractivity contribution is 0.409. The van der Waals surface area contributed by atoms with Gasteiger partial charge in [0.15, 0.2) is 0 Å². The molecule has 3 aromatic rings. The molecule has 2 heterocycles. The molecule has 1 aliphatic rings. The Morgan fingerprint density at radius 3 is 2.80 bits per heavy atom. The molecule has 0 fully saturated rings. The largest absolute Gasteiger partial charge is 0.346 e. The van der Waals surface area contributed by atoms with Gasteiger partial charge in [0.25, 0.3) is 0 Å². The lowest BCUT2D eigenvalue weighted by Crippen LogP contribution is -2.29. The number of anilines is 1. The van der Waals surface area contributed by atoms with E-state index in [1.807, 2.05) is 24.3 Å². The first-order chi connectivity index (χ1) is 12.0. The summed E-state index contributed by atoms with van der Waals surface area (Å²) in [5.41, 5.74) is 1.33. The molecular weight excluding hydrogens is 432 g/mol. The standard InChI is InChI=1S/C16H11BrCl2FN5/c17-9-3-1-2-8(6-9)12-7-13(25-16(21-12)22-23-24-25)14-10(18)4-5-11(19)15(14)20/h1-6,12-13H,7H2,(H,21,22,24). The van der Waals surface area contributed by atoms with Gasteiger partial charge in [-0.25, -0.2) is 9.07 Å². The molecule has 128 valence electrons. The summed E-state index contributed by atoms with van der Waals surface area (Å²) in [6, 6.07) is 10.3. The van der Waals surface area contributed by atoms with E-state index in [-0.39, 0.29) is 11.1 Å². The van der Waals surface area contributed by atoms with E-state index in [2.05, 4.69) is 36.8 Å². The highest BCUT2D eigenvalue weighted by atomic mass is 79.9. The quantitative estimate of drug-likeness (QED) is 0.565. The van der Waals surface area contributed by atoms with Crippen LogP contribution in [0, 0.1) is 5.82 Å². The summed E-state index contributed by atoms with van der Waals surface area (Å²) in [6.45, 7) is 0. The maximum absolute atomic E-state index is 14.7. The van der Waals surface area contributed by atoms with Crippen LogP contribution in [0.3, 0.4) is 0 Å². The van der Waals surface area contributed by atoms with Crippen LogP contribution < -0.4 is 5.32 Å². The van der Waals surface area contributed by atoms with Crippen LogP contribution in [0.15, 0.2) is 40.9 Å². The molecule has 9 heteroatoms. The molecule has 2 aromatic carbocycles. The summed E-state index contributed by atoms with van der Waals surface area (Å²) in [5.74, 6) is -0.0906. The Morgan fingerprint density at radius 2 is 2.00 bits per heavy atom. The topological polar surface area (TPSA) is 55.6 Å². The van der Waals surface area contributed by atoms with Crippen molar-refractivity contribution in [3.05, 3.63) is 67.9 Å². The monoisotopic (exact) mass is 441 g/mol. The van der Waals surface area contributed by atoms with Crippen LogP contribution in [-0.4, -0.2) is 20.2 Å². The number of fused-ring (bicyclic) bond motifs is 1. The maximum Gasteiger partial charge on any atom is 0.243 e. The van der Waals surface area contributed by atoms with E-state index in [9.17, 15) is 4.39 Å². The second-order valence-electron chi connectivity index (χ2n) is 5.71. The number of hydrogen-bond acceptors (Lipinski definition) is 4. The summed E-state index contributed by atoms with van der Waals surface area (Å²) in [4.78, 5) is 0. The molecule has 0 saturated heterocycles. The average molecular weight is 443 g/mol. The summed E-state index contributed by atoms with van der Waals surface area (Å²) >= 11 is 15.7. The lowest BCUT2D eigenvalue weighted by Gasteiger charge is -2.31. The van der Waals surface area contributed by atoms with E-state index in [1.165, 1.54) is 10.7 Å². The number of nitrogens with one attached hydrogen (secondary N) is 1. The van der Waals surface area contributed by atoms with E-state index in [0.717, 1.165) is 10.0 Å². The molecule has 1 aliphatic heterocycles. The number of hydrogen-bond donors (Lipinski definition) is 1. The fourth-order valence-corrected chi connectivity index (χ4v) is 3.92. The van der Waals surface area contributed by atoms with Crippen molar-refractivity contribution in [2.24, 2.45) is 0 Å². The number of nitrogens with zero attached hydrogens (tertiary/aromatic N) is 4. The highest BCUT2D eigenvalue weighted by molar-refractivity contribution is 9.10. The third kappa shape index (κ3) is 3.01. The van der Waals surface area contributed by atoms with Crippen LogP contribution >= 0.6 is 39.1 Å². The minimum Gasteiger partial charge on any atom is -0.346 e. The highest BCUT2D eigenvalue weighted by Gasteiger charge is 2.34. The van der Waals surface area contributed by atoms with Gasteiger partial charge < -0.3 is 5.32 Å². The zero-order chi connectivity index (χ0) is 17.6. The predicted molar refractivity (Wildman–Crippen MR) is 97.5 cm³/mol. The summed E-state index contributed by atoms with van der Waals surface area (Å²) in [6.07, 6.45) is 0.519. The van der Waals surface area contributed by atoms with Gasteiger partial charge >= 0.3 is 0 Å². The van der Waals surface area contributed by atoms with Crippen LogP contribution in [-0.2, 0) is 0 Å². The zero-order valence-electron chi connectivity index (χ0n) is 12.6. The van der Waals surface area contributed by atoms with Crippen molar-refractivity contribution in [3.8, 4) is 0 Å². The van der Waals surface area contributed by atoms with Gasteiger partial charge in [0.2, 0.25) is 5.95 Å². The van der Waals surface area contributed by atoms with E-state index in [1.54, 1.807) is 6.07 Å². The molecule has 5 nitrogen and oxygen atoms in total. The summed E-state index contributed by atoms with van der Waals surface area (Å²) in [5, 5.41) is 15.3. The van der Waals surface area contributed by atoms with Gasteiger partial charge in [-0.2, -0.15) is 0 Å². The smallest absolute Gasteiger partial charge is 0.243 e.